The third-order valence-corrected chi connectivity index (χ3v) is 4.66. The minimum atomic E-state index is 0.569. The van der Waals surface area contributed by atoms with Gasteiger partial charge >= 0.3 is 0 Å². The van der Waals surface area contributed by atoms with Gasteiger partial charge in [0.25, 0.3) is 0 Å². The average Bonchev–Trinajstić information content (AvgIpc) is 3.00. The molecule has 2 heterocycles. The number of aliphatic hydroxyl groups is 1. The van der Waals surface area contributed by atoms with Crippen molar-refractivity contribution in [3.8, 4) is 11.3 Å². The van der Waals surface area contributed by atoms with Crippen molar-refractivity contribution in [2.75, 3.05) is 32.3 Å². The first kappa shape index (κ1) is 22.1. The van der Waals surface area contributed by atoms with Crippen LogP contribution in [-0.4, -0.2) is 36.3 Å². The maximum Gasteiger partial charge on any atom is 0.224 e. The molecular formula is C18H26ClN5OS. The fraction of sp³-hybridized carbons (Fsp3) is 0.333. The van der Waals surface area contributed by atoms with Crippen molar-refractivity contribution >= 4 is 44.8 Å². The molecule has 0 aliphatic rings. The first-order chi connectivity index (χ1) is 12.6. The van der Waals surface area contributed by atoms with E-state index in [1.807, 2.05) is 45.2 Å². The van der Waals surface area contributed by atoms with E-state index >= 15 is 0 Å². The summed E-state index contributed by atoms with van der Waals surface area (Å²) in [7, 11) is 4.70. The highest BCUT2D eigenvalue weighted by Gasteiger charge is 2.17. The summed E-state index contributed by atoms with van der Waals surface area (Å²) in [5.74, 6) is 0.569. The fourth-order valence-electron chi connectivity index (χ4n) is 2.32. The number of fused-ring (bicyclic) bond motifs is 1. The molecule has 8 heteroatoms. The number of nitrogens with two attached hydrogens (primary N) is 1. The van der Waals surface area contributed by atoms with Crippen LogP contribution in [0.1, 0.15) is 18.7 Å². The Morgan fingerprint density at radius 3 is 2.46 bits per heavy atom. The smallest absolute Gasteiger partial charge is 0.224 e. The minimum Gasteiger partial charge on any atom is -0.400 e. The van der Waals surface area contributed by atoms with Crippen LogP contribution in [0.2, 0.25) is 5.02 Å². The molecule has 0 aliphatic carbocycles. The average molecular weight is 396 g/mol. The van der Waals surface area contributed by atoms with Crippen LogP contribution in [-0.2, 0) is 6.54 Å². The molecule has 3 aromatic rings. The molecule has 0 unspecified atom stereocenters. The second kappa shape index (κ2) is 10.9. The number of nitrogen functional groups attached to an aromatic ring is 1. The number of aromatic nitrogens is 2. The van der Waals surface area contributed by atoms with Gasteiger partial charge in [-0.25, -0.2) is 9.97 Å². The lowest BCUT2D eigenvalue weighted by molar-refractivity contribution is 0.399. The topological polar surface area (TPSA) is 96.1 Å². The number of thiophene rings is 1. The fourth-order valence-corrected chi connectivity index (χ4v) is 3.61. The number of rotatable bonds is 4. The summed E-state index contributed by atoms with van der Waals surface area (Å²) in [6.07, 6.45) is 0. The Morgan fingerprint density at radius 2 is 1.88 bits per heavy atom. The summed E-state index contributed by atoms with van der Waals surface area (Å²) in [5, 5.41) is 14.7. The molecule has 0 amide bonds. The quantitative estimate of drug-likeness (QED) is 0.533. The first-order valence-electron chi connectivity index (χ1n) is 8.26. The molecule has 0 saturated heterocycles. The predicted molar refractivity (Wildman–Crippen MR) is 114 cm³/mol. The number of aliphatic hydroxyl groups excluding tert-OH is 1. The molecule has 3 rings (SSSR count). The Labute approximate surface area is 163 Å². The number of anilines is 2. The van der Waals surface area contributed by atoms with Gasteiger partial charge in [0.2, 0.25) is 5.95 Å². The molecular weight excluding hydrogens is 370 g/mol. The van der Waals surface area contributed by atoms with Crippen LogP contribution in [0.25, 0.3) is 21.5 Å². The Bertz CT molecular complexity index is 838. The third-order valence-electron chi connectivity index (χ3n) is 3.32. The minimum absolute atomic E-state index is 0.569. The lowest BCUT2D eigenvalue weighted by atomic mass is 10.1. The van der Waals surface area contributed by atoms with Crippen molar-refractivity contribution in [2.24, 2.45) is 0 Å². The van der Waals surface area contributed by atoms with Crippen LogP contribution in [0.4, 0.5) is 11.6 Å². The zero-order valence-corrected chi connectivity index (χ0v) is 17.3. The number of hydrogen-bond acceptors (Lipinski definition) is 7. The lowest BCUT2D eigenvalue weighted by Gasteiger charge is -2.07. The number of hydrogen-bond donors (Lipinski definition) is 4. The highest BCUT2D eigenvalue weighted by molar-refractivity contribution is 7.19. The van der Waals surface area contributed by atoms with Crippen molar-refractivity contribution in [3.63, 3.8) is 0 Å². The summed E-state index contributed by atoms with van der Waals surface area (Å²) in [6.45, 7) is 4.71. The van der Waals surface area contributed by atoms with Gasteiger partial charge in [0.05, 0.1) is 16.8 Å². The molecule has 0 aliphatic heterocycles. The normalized spacial score (nSPS) is 9.81. The summed E-state index contributed by atoms with van der Waals surface area (Å²) >= 11 is 7.70. The molecule has 0 spiro atoms. The largest absolute Gasteiger partial charge is 0.400 e. The summed E-state index contributed by atoms with van der Waals surface area (Å²) in [6, 6.07) is 7.60. The van der Waals surface area contributed by atoms with E-state index < -0.39 is 0 Å². The van der Waals surface area contributed by atoms with Crippen LogP contribution in [0.15, 0.2) is 24.3 Å². The van der Waals surface area contributed by atoms with E-state index in [-0.39, 0.29) is 0 Å². The van der Waals surface area contributed by atoms with Gasteiger partial charge in [0.15, 0.2) is 0 Å². The molecule has 0 radical (unpaired) electrons. The van der Waals surface area contributed by atoms with E-state index in [1.54, 1.807) is 18.4 Å². The van der Waals surface area contributed by atoms with Gasteiger partial charge in [-0.1, -0.05) is 37.6 Å². The zero-order chi connectivity index (χ0) is 19.7. The number of halogens is 1. The lowest BCUT2D eigenvalue weighted by Crippen LogP contribution is -2.05. The van der Waals surface area contributed by atoms with Crippen molar-refractivity contribution < 1.29 is 5.11 Å². The van der Waals surface area contributed by atoms with Gasteiger partial charge < -0.3 is 21.5 Å². The highest BCUT2D eigenvalue weighted by atomic mass is 35.5. The van der Waals surface area contributed by atoms with Crippen LogP contribution in [0.5, 0.6) is 0 Å². The molecule has 0 bridgehead atoms. The van der Waals surface area contributed by atoms with E-state index in [0.29, 0.717) is 17.5 Å². The Kier molecular flexibility index (Phi) is 9.29. The van der Waals surface area contributed by atoms with E-state index in [0.717, 1.165) is 39.1 Å². The van der Waals surface area contributed by atoms with Crippen LogP contribution >= 0.6 is 22.9 Å². The van der Waals surface area contributed by atoms with Crippen molar-refractivity contribution in [1.29, 1.82) is 0 Å². The van der Waals surface area contributed by atoms with Gasteiger partial charge in [-0.2, -0.15) is 0 Å². The maximum absolute atomic E-state index is 7.00. The second-order valence-corrected chi connectivity index (χ2v) is 6.33. The molecule has 0 fully saturated rings. The monoisotopic (exact) mass is 395 g/mol. The van der Waals surface area contributed by atoms with E-state index in [2.05, 4.69) is 20.6 Å². The van der Waals surface area contributed by atoms with Crippen molar-refractivity contribution in [3.05, 3.63) is 34.2 Å². The van der Waals surface area contributed by atoms with Crippen LogP contribution in [0.3, 0.4) is 0 Å². The molecule has 0 saturated carbocycles. The zero-order valence-electron chi connectivity index (χ0n) is 15.7. The van der Waals surface area contributed by atoms with E-state index in [4.69, 9.17) is 22.4 Å². The van der Waals surface area contributed by atoms with Gasteiger partial charge in [0.1, 0.15) is 4.83 Å². The summed E-state index contributed by atoms with van der Waals surface area (Å²) < 4.78 is 0. The number of nitrogens with zero attached hydrogens (tertiary/aromatic N) is 2. The molecule has 5 N–H and O–H groups in total. The molecule has 142 valence electrons. The van der Waals surface area contributed by atoms with Crippen LogP contribution in [0, 0.1) is 0 Å². The SMILES string of the molecule is CC.CNCc1sc2nc(NC)nc(-c3cccc(Cl)c3)c2c1N.CO. The predicted octanol–water partition coefficient (Wildman–Crippen LogP) is 3.99. The van der Waals surface area contributed by atoms with E-state index in [9.17, 15) is 0 Å². The maximum atomic E-state index is 7.00. The second-order valence-electron chi connectivity index (χ2n) is 4.81. The van der Waals surface area contributed by atoms with Gasteiger partial charge in [-0.05, 0) is 19.2 Å². The standard InChI is InChI=1S/C15H16ClN5S.C2H6.CH4O/c1-18-7-10-12(17)11-13(8-4-3-5-9(16)6-8)20-15(19-2)21-14(11)22-10;2*1-2/h3-6,18H,7,17H2,1-2H3,(H,19,20,21);1-2H3;2H,1H3. The van der Waals surface area contributed by atoms with Crippen molar-refractivity contribution in [1.82, 2.24) is 15.3 Å². The molecule has 0 atom stereocenters. The molecule has 26 heavy (non-hydrogen) atoms. The van der Waals surface area contributed by atoms with Crippen LogP contribution < -0.4 is 16.4 Å². The Hall–Kier alpha value is -1.93. The number of benzene rings is 1. The van der Waals surface area contributed by atoms with Gasteiger partial charge in [0, 0.05) is 36.2 Å². The summed E-state index contributed by atoms with van der Waals surface area (Å²) in [4.78, 5) is 11.0. The molecule has 2 aromatic heterocycles. The third kappa shape index (κ3) is 4.82. The highest BCUT2D eigenvalue weighted by Crippen LogP contribution is 2.39. The first-order valence-corrected chi connectivity index (χ1v) is 9.45. The Balaban J connectivity index is 0.000000791. The Morgan fingerprint density at radius 1 is 1.19 bits per heavy atom. The van der Waals surface area contributed by atoms with E-state index in [1.165, 1.54) is 0 Å². The molecule has 1 aromatic carbocycles. The van der Waals surface area contributed by atoms with Crippen molar-refractivity contribution in [2.45, 2.75) is 20.4 Å². The number of nitrogens with one attached hydrogen (secondary N) is 2. The van der Waals surface area contributed by atoms with Gasteiger partial charge in [-0.15, -0.1) is 11.3 Å². The molecule has 6 nitrogen and oxygen atoms in total. The van der Waals surface area contributed by atoms with Gasteiger partial charge in [-0.3, -0.25) is 0 Å². The summed E-state index contributed by atoms with van der Waals surface area (Å²) in [5.41, 5.74) is 8.79.